The summed E-state index contributed by atoms with van der Waals surface area (Å²) in [6.45, 7) is 0. The molecule has 1 rings (SSSR count). The summed E-state index contributed by atoms with van der Waals surface area (Å²) in [5.41, 5.74) is 4.54. The van der Waals surface area contributed by atoms with E-state index in [-0.39, 0.29) is 18.0 Å². The summed E-state index contributed by atoms with van der Waals surface area (Å²) < 4.78 is 58.4. The highest BCUT2D eigenvalue weighted by Gasteiger charge is 2.33. The molecule has 9 heteroatoms. The Balaban J connectivity index is 2.71. The average Bonchev–Trinajstić information content (AvgIpc) is 2.60. The van der Waals surface area contributed by atoms with Crippen LogP contribution in [0.5, 0.6) is 0 Å². The van der Waals surface area contributed by atoms with E-state index in [0.717, 1.165) is 6.26 Å². The van der Waals surface area contributed by atoms with Crippen molar-refractivity contribution in [3.63, 3.8) is 0 Å². The van der Waals surface area contributed by atoms with Crippen LogP contribution in [-0.4, -0.2) is 30.4 Å². The highest BCUT2D eigenvalue weighted by Crippen LogP contribution is 2.28. The third-order valence-electron chi connectivity index (χ3n) is 2.05. The van der Waals surface area contributed by atoms with Gasteiger partial charge in [-0.05, 0) is 6.42 Å². The predicted molar refractivity (Wildman–Crippen MR) is 54.8 cm³/mol. The second-order valence-corrected chi connectivity index (χ2v) is 5.96. The Kier molecular flexibility index (Phi) is 3.82. The number of sulfone groups is 1. The fraction of sp³-hybridized carbons (Fsp3) is 0.625. The number of imidazole rings is 1. The van der Waals surface area contributed by atoms with Crippen molar-refractivity contribution in [2.24, 2.45) is 5.73 Å². The van der Waals surface area contributed by atoms with Crippen LogP contribution in [0, 0.1) is 0 Å². The Morgan fingerprint density at radius 3 is 2.53 bits per heavy atom. The van der Waals surface area contributed by atoms with Gasteiger partial charge in [0.25, 0.3) is 0 Å². The first-order valence-corrected chi connectivity index (χ1v) is 6.71. The minimum atomic E-state index is -4.51. The molecule has 1 aromatic heterocycles. The molecule has 1 atom stereocenters. The quantitative estimate of drug-likeness (QED) is 0.850. The molecule has 0 saturated heterocycles. The first-order chi connectivity index (χ1) is 7.59. The van der Waals surface area contributed by atoms with Crippen LogP contribution in [0.15, 0.2) is 6.20 Å². The van der Waals surface area contributed by atoms with Gasteiger partial charge in [-0.3, -0.25) is 0 Å². The van der Waals surface area contributed by atoms with Crippen molar-refractivity contribution in [1.29, 1.82) is 0 Å². The van der Waals surface area contributed by atoms with Crippen LogP contribution in [0.1, 0.15) is 24.0 Å². The maximum Gasteiger partial charge on any atom is 0.432 e. The number of alkyl halides is 3. The number of nitrogens with one attached hydrogen (secondary N) is 1. The van der Waals surface area contributed by atoms with Crippen LogP contribution in [0.4, 0.5) is 13.2 Å². The van der Waals surface area contributed by atoms with Crippen LogP contribution in [0.2, 0.25) is 0 Å². The number of hydrogen-bond acceptors (Lipinski definition) is 4. The minimum absolute atomic E-state index is 0.0175. The van der Waals surface area contributed by atoms with Gasteiger partial charge in [0.05, 0.1) is 18.0 Å². The molecule has 1 aromatic rings. The fourth-order valence-electron chi connectivity index (χ4n) is 1.15. The van der Waals surface area contributed by atoms with Crippen LogP contribution < -0.4 is 5.73 Å². The topological polar surface area (TPSA) is 88.8 Å². The van der Waals surface area contributed by atoms with Crippen molar-refractivity contribution in [3.8, 4) is 0 Å². The van der Waals surface area contributed by atoms with E-state index in [0.29, 0.717) is 6.20 Å². The highest BCUT2D eigenvalue weighted by atomic mass is 32.2. The maximum absolute atomic E-state index is 12.2. The zero-order valence-electron chi connectivity index (χ0n) is 8.95. The predicted octanol–water partition coefficient (Wildman–Crippen LogP) is 0.863. The van der Waals surface area contributed by atoms with E-state index in [1.165, 1.54) is 0 Å². The third-order valence-corrected chi connectivity index (χ3v) is 3.03. The van der Waals surface area contributed by atoms with Gasteiger partial charge in [0.1, 0.15) is 21.4 Å². The first-order valence-electron chi connectivity index (χ1n) is 4.65. The minimum Gasteiger partial charge on any atom is -0.337 e. The van der Waals surface area contributed by atoms with Gasteiger partial charge in [0.15, 0.2) is 0 Å². The average molecular weight is 271 g/mol. The summed E-state index contributed by atoms with van der Waals surface area (Å²) in [6.07, 6.45) is -2.83. The van der Waals surface area contributed by atoms with Gasteiger partial charge >= 0.3 is 6.18 Å². The molecule has 0 fully saturated rings. The first kappa shape index (κ1) is 14.0. The molecule has 3 N–H and O–H groups in total. The molecule has 1 unspecified atom stereocenters. The van der Waals surface area contributed by atoms with E-state index in [9.17, 15) is 21.6 Å². The Hall–Kier alpha value is -1.09. The molecule has 5 nitrogen and oxygen atoms in total. The van der Waals surface area contributed by atoms with Gasteiger partial charge in [0.2, 0.25) is 0 Å². The number of aromatic amines is 1. The SMILES string of the molecule is CS(=O)(=O)CCC(N)c1ncc(C(F)(F)F)[nH]1. The van der Waals surface area contributed by atoms with Crippen LogP contribution in [0.25, 0.3) is 0 Å². The molecule has 0 spiro atoms. The molecule has 0 aliphatic carbocycles. The van der Waals surface area contributed by atoms with Gasteiger partial charge < -0.3 is 10.7 Å². The molecule has 0 saturated carbocycles. The van der Waals surface area contributed by atoms with Crippen molar-refractivity contribution >= 4 is 9.84 Å². The van der Waals surface area contributed by atoms with Gasteiger partial charge in [0, 0.05) is 6.26 Å². The highest BCUT2D eigenvalue weighted by molar-refractivity contribution is 7.90. The van der Waals surface area contributed by atoms with E-state index < -0.39 is 27.7 Å². The molecule has 0 aliphatic rings. The Labute approximate surface area is 96.1 Å². The lowest BCUT2D eigenvalue weighted by atomic mass is 10.2. The molecule has 0 aliphatic heterocycles. The molecule has 0 radical (unpaired) electrons. The molecule has 98 valence electrons. The standard InChI is InChI=1S/C8H12F3N3O2S/c1-17(15,16)3-2-5(12)7-13-4-6(14-7)8(9,10)11/h4-5H,2-3,12H2,1H3,(H,13,14). The van der Waals surface area contributed by atoms with E-state index in [2.05, 4.69) is 4.98 Å². The number of hydrogen-bond donors (Lipinski definition) is 2. The molecular weight excluding hydrogens is 259 g/mol. The monoisotopic (exact) mass is 271 g/mol. The van der Waals surface area contributed by atoms with Crippen molar-refractivity contribution < 1.29 is 21.6 Å². The number of H-pyrrole nitrogens is 1. The summed E-state index contributed by atoms with van der Waals surface area (Å²) in [7, 11) is -3.19. The molecule has 0 amide bonds. The van der Waals surface area contributed by atoms with Crippen LogP contribution in [-0.2, 0) is 16.0 Å². The number of nitrogens with zero attached hydrogens (tertiary/aromatic N) is 1. The van der Waals surface area contributed by atoms with Crippen LogP contribution in [0.3, 0.4) is 0 Å². The summed E-state index contributed by atoms with van der Waals surface area (Å²) in [5.74, 6) is -0.267. The van der Waals surface area contributed by atoms with Crippen molar-refractivity contribution in [2.75, 3.05) is 12.0 Å². The van der Waals surface area contributed by atoms with Gasteiger partial charge in [-0.25, -0.2) is 13.4 Å². The smallest absolute Gasteiger partial charge is 0.337 e. The molecule has 0 aromatic carbocycles. The Morgan fingerprint density at radius 2 is 2.12 bits per heavy atom. The van der Waals surface area contributed by atoms with Crippen molar-refractivity contribution in [2.45, 2.75) is 18.6 Å². The summed E-state index contributed by atoms with van der Waals surface area (Å²) in [6, 6.07) is -0.860. The zero-order valence-corrected chi connectivity index (χ0v) is 9.77. The largest absolute Gasteiger partial charge is 0.432 e. The van der Waals surface area contributed by atoms with E-state index in [1.807, 2.05) is 4.98 Å². The number of rotatable bonds is 4. The van der Waals surface area contributed by atoms with Crippen LogP contribution >= 0.6 is 0 Å². The Bertz CT molecular complexity index is 480. The maximum atomic E-state index is 12.2. The molecule has 0 bridgehead atoms. The normalized spacial score (nSPS) is 14.9. The summed E-state index contributed by atoms with van der Waals surface area (Å²) >= 11 is 0. The molecule has 1 heterocycles. The summed E-state index contributed by atoms with van der Waals surface area (Å²) in [4.78, 5) is 5.52. The second-order valence-electron chi connectivity index (χ2n) is 3.70. The van der Waals surface area contributed by atoms with E-state index >= 15 is 0 Å². The lowest BCUT2D eigenvalue weighted by Crippen LogP contribution is -2.17. The van der Waals surface area contributed by atoms with Gasteiger partial charge in [-0.2, -0.15) is 13.2 Å². The van der Waals surface area contributed by atoms with Gasteiger partial charge in [-0.1, -0.05) is 0 Å². The van der Waals surface area contributed by atoms with Gasteiger partial charge in [-0.15, -0.1) is 0 Å². The lowest BCUT2D eigenvalue weighted by Gasteiger charge is -2.07. The number of halogens is 3. The van der Waals surface area contributed by atoms with E-state index in [1.54, 1.807) is 0 Å². The molecule has 17 heavy (non-hydrogen) atoms. The van der Waals surface area contributed by atoms with Crippen molar-refractivity contribution in [3.05, 3.63) is 17.7 Å². The third kappa shape index (κ3) is 4.35. The fourth-order valence-corrected chi connectivity index (χ4v) is 1.83. The van der Waals surface area contributed by atoms with Crippen molar-refractivity contribution in [1.82, 2.24) is 9.97 Å². The zero-order chi connectivity index (χ0) is 13.3. The lowest BCUT2D eigenvalue weighted by molar-refractivity contribution is -0.140. The Morgan fingerprint density at radius 1 is 1.53 bits per heavy atom. The number of aromatic nitrogens is 2. The molecular formula is C8H12F3N3O2S. The van der Waals surface area contributed by atoms with E-state index in [4.69, 9.17) is 5.73 Å². The summed E-state index contributed by atoms with van der Waals surface area (Å²) in [5, 5.41) is 0. The second kappa shape index (κ2) is 4.65. The number of nitrogens with two attached hydrogens (primary N) is 1.